The number of carbonyl (C=O) groups is 2. The molecular weight excluding hydrogens is 390 g/mol. The summed E-state index contributed by atoms with van der Waals surface area (Å²) in [6.07, 6.45) is 3.90. The zero-order valence-electron chi connectivity index (χ0n) is 18.3. The molecule has 0 aromatic heterocycles. The van der Waals surface area contributed by atoms with E-state index in [-0.39, 0.29) is 18.3 Å². The topological polar surface area (TPSA) is 121 Å². The summed E-state index contributed by atoms with van der Waals surface area (Å²) >= 11 is 0. The van der Waals surface area contributed by atoms with Crippen LogP contribution in [0, 0.1) is 0 Å². The van der Waals surface area contributed by atoms with Gasteiger partial charge in [0.2, 0.25) is 5.91 Å². The fourth-order valence-electron chi connectivity index (χ4n) is 2.43. The molecule has 0 radical (unpaired) electrons. The summed E-state index contributed by atoms with van der Waals surface area (Å²) < 4.78 is 21.9. The van der Waals surface area contributed by atoms with Crippen LogP contribution < -0.4 is 16.4 Å². The van der Waals surface area contributed by atoms with Crippen molar-refractivity contribution < 1.29 is 28.5 Å². The second-order valence-corrected chi connectivity index (χ2v) is 6.97. The van der Waals surface area contributed by atoms with Gasteiger partial charge in [0.1, 0.15) is 6.61 Å². The van der Waals surface area contributed by atoms with Gasteiger partial charge in [0.05, 0.1) is 46.2 Å². The van der Waals surface area contributed by atoms with Crippen LogP contribution in [0.15, 0.2) is 11.3 Å². The van der Waals surface area contributed by atoms with E-state index in [0.717, 1.165) is 18.5 Å². The third kappa shape index (κ3) is 15.3. The molecule has 0 aromatic carbocycles. The van der Waals surface area contributed by atoms with E-state index >= 15 is 0 Å². The minimum Gasteiger partial charge on any atom is -0.384 e. The van der Waals surface area contributed by atoms with E-state index in [9.17, 15) is 9.59 Å². The zero-order chi connectivity index (χ0) is 21.9. The second-order valence-electron chi connectivity index (χ2n) is 6.97. The van der Waals surface area contributed by atoms with Crippen LogP contribution in [-0.4, -0.2) is 84.2 Å². The van der Waals surface area contributed by atoms with Crippen LogP contribution in [0.1, 0.15) is 39.0 Å². The van der Waals surface area contributed by atoms with E-state index in [1.54, 1.807) is 0 Å². The molecule has 1 amide bonds. The van der Waals surface area contributed by atoms with Gasteiger partial charge in [-0.1, -0.05) is 6.92 Å². The maximum absolute atomic E-state index is 11.4. The summed E-state index contributed by atoms with van der Waals surface area (Å²) in [5, 5.41) is 6.17. The van der Waals surface area contributed by atoms with Crippen molar-refractivity contribution in [2.24, 2.45) is 5.73 Å². The smallest absolute Gasteiger partial charge is 0.220 e. The predicted octanol–water partition coefficient (Wildman–Crippen LogP) is 0.525. The average molecular weight is 430 g/mol. The maximum atomic E-state index is 11.4. The SMILES string of the molecule is CCC(=O)COCCOCCNC(COCCOCCNC(=O)CCCN)=C1CC1. The lowest BCUT2D eigenvalue weighted by molar-refractivity contribution is -0.124. The summed E-state index contributed by atoms with van der Waals surface area (Å²) in [5.41, 5.74) is 7.90. The highest BCUT2D eigenvalue weighted by atomic mass is 16.5. The fourth-order valence-corrected chi connectivity index (χ4v) is 2.43. The molecule has 0 unspecified atom stereocenters. The van der Waals surface area contributed by atoms with Crippen LogP contribution in [0.3, 0.4) is 0 Å². The van der Waals surface area contributed by atoms with Crippen molar-refractivity contribution in [3.8, 4) is 0 Å². The number of ketones is 1. The first-order valence-electron chi connectivity index (χ1n) is 10.9. The molecule has 4 N–H and O–H groups in total. The quantitative estimate of drug-likeness (QED) is 0.226. The molecule has 1 rings (SSSR count). The van der Waals surface area contributed by atoms with Crippen molar-refractivity contribution in [1.82, 2.24) is 10.6 Å². The number of amides is 1. The molecule has 1 aliphatic rings. The normalized spacial score (nSPS) is 12.7. The summed E-state index contributed by atoms with van der Waals surface area (Å²) in [7, 11) is 0. The molecule has 0 aliphatic heterocycles. The van der Waals surface area contributed by atoms with Crippen LogP contribution in [-0.2, 0) is 28.5 Å². The molecule has 9 nitrogen and oxygen atoms in total. The minimum atomic E-state index is 0.00942. The lowest BCUT2D eigenvalue weighted by Crippen LogP contribution is -2.28. The molecular formula is C21H39N3O6. The van der Waals surface area contributed by atoms with Crippen molar-refractivity contribution in [1.29, 1.82) is 0 Å². The number of rotatable bonds is 21. The molecule has 0 atom stereocenters. The van der Waals surface area contributed by atoms with Gasteiger partial charge in [0, 0.05) is 31.6 Å². The Labute approximate surface area is 180 Å². The van der Waals surface area contributed by atoms with E-state index in [2.05, 4.69) is 10.6 Å². The summed E-state index contributed by atoms with van der Waals surface area (Å²) in [5.74, 6) is 0.114. The first-order valence-corrected chi connectivity index (χ1v) is 10.9. The maximum Gasteiger partial charge on any atom is 0.220 e. The van der Waals surface area contributed by atoms with Gasteiger partial charge in [0.15, 0.2) is 5.78 Å². The Kier molecular flexibility index (Phi) is 16.1. The number of nitrogens with one attached hydrogen (secondary N) is 2. The van der Waals surface area contributed by atoms with Gasteiger partial charge in [-0.15, -0.1) is 0 Å². The molecule has 0 spiro atoms. The number of nitrogens with two attached hydrogens (primary N) is 1. The number of Topliss-reactive ketones (excluding diaryl/α,β-unsaturated/α-hetero) is 1. The lowest BCUT2D eigenvalue weighted by Gasteiger charge is -2.12. The molecule has 0 saturated heterocycles. The van der Waals surface area contributed by atoms with E-state index in [4.69, 9.17) is 24.7 Å². The third-order valence-corrected chi connectivity index (χ3v) is 4.34. The molecule has 9 heteroatoms. The highest BCUT2D eigenvalue weighted by molar-refractivity contribution is 5.79. The monoisotopic (exact) mass is 429 g/mol. The zero-order valence-corrected chi connectivity index (χ0v) is 18.3. The van der Waals surface area contributed by atoms with Crippen molar-refractivity contribution in [2.45, 2.75) is 39.0 Å². The lowest BCUT2D eigenvalue weighted by atomic mass is 10.3. The predicted molar refractivity (Wildman–Crippen MR) is 114 cm³/mol. The third-order valence-electron chi connectivity index (χ3n) is 4.34. The van der Waals surface area contributed by atoms with Gasteiger partial charge in [-0.05, 0) is 31.4 Å². The first-order chi connectivity index (χ1) is 14.7. The van der Waals surface area contributed by atoms with Crippen LogP contribution in [0.4, 0.5) is 0 Å². The summed E-state index contributed by atoms with van der Waals surface area (Å²) in [6.45, 7) is 7.20. The molecule has 1 saturated carbocycles. The van der Waals surface area contributed by atoms with Gasteiger partial charge in [-0.25, -0.2) is 0 Å². The first kappa shape index (κ1) is 26.5. The number of allylic oxidation sites excluding steroid dienone is 1. The standard InChI is InChI=1S/C21H39N3O6/c1-2-19(25)16-29-14-12-27-10-8-23-20(18-5-6-18)17-30-15-13-28-11-9-24-21(26)4-3-7-22/h23H,2-17,22H2,1H3,(H,24,26). The van der Waals surface area contributed by atoms with Crippen LogP contribution in [0.25, 0.3) is 0 Å². The molecule has 0 aromatic rings. The van der Waals surface area contributed by atoms with E-state index < -0.39 is 0 Å². The molecule has 0 heterocycles. The van der Waals surface area contributed by atoms with E-state index in [1.165, 1.54) is 5.57 Å². The van der Waals surface area contributed by atoms with Gasteiger partial charge in [0.25, 0.3) is 0 Å². The summed E-state index contributed by atoms with van der Waals surface area (Å²) in [4.78, 5) is 22.5. The Balaban J connectivity index is 1.93. The highest BCUT2D eigenvalue weighted by Crippen LogP contribution is 2.30. The van der Waals surface area contributed by atoms with Gasteiger partial charge in [-0.2, -0.15) is 0 Å². The Morgan fingerprint density at radius 3 is 2.07 bits per heavy atom. The molecule has 174 valence electrons. The Hall–Kier alpha value is -1.52. The van der Waals surface area contributed by atoms with Gasteiger partial charge >= 0.3 is 0 Å². The Morgan fingerprint density at radius 2 is 1.47 bits per heavy atom. The average Bonchev–Trinajstić information content (AvgIpc) is 3.59. The van der Waals surface area contributed by atoms with Crippen molar-refractivity contribution in [3.63, 3.8) is 0 Å². The number of ether oxygens (including phenoxy) is 4. The fraction of sp³-hybridized carbons (Fsp3) is 0.810. The number of hydrogen-bond acceptors (Lipinski definition) is 8. The van der Waals surface area contributed by atoms with Crippen LogP contribution >= 0.6 is 0 Å². The molecule has 0 bridgehead atoms. The second kappa shape index (κ2) is 18.3. The molecule has 1 aliphatic carbocycles. The largest absolute Gasteiger partial charge is 0.384 e. The highest BCUT2D eigenvalue weighted by Gasteiger charge is 2.17. The Bertz CT molecular complexity index is 507. The van der Waals surface area contributed by atoms with Gasteiger partial charge in [-0.3, -0.25) is 9.59 Å². The summed E-state index contributed by atoms with van der Waals surface area (Å²) in [6, 6.07) is 0. The number of hydrogen-bond donors (Lipinski definition) is 3. The molecule has 30 heavy (non-hydrogen) atoms. The van der Waals surface area contributed by atoms with Crippen LogP contribution in [0.2, 0.25) is 0 Å². The van der Waals surface area contributed by atoms with E-state index in [1.807, 2.05) is 6.92 Å². The minimum absolute atomic E-state index is 0.00942. The van der Waals surface area contributed by atoms with E-state index in [0.29, 0.717) is 85.1 Å². The van der Waals surface area contributed by atoms with Crippen molar-refractivity contribution in [3.05, 3.63) is 11.3 Å². The van der Waals surface area contributed by atoms with Crippen molar-refractivity contribution >= 4 is 11.7 Å². The van der Waals surface area contributed by atoms with Crippen LogP contribution in [0.5, 0.6) is 0 Å². The molecule has 1 fully saturated rings. The Morgan fingerprint density at radius 1 is 0.867 bits per heavy atom. The van der Waals surface area contributed by atoms with Crippen molar-refractivity contribution in [2.75, 3.05) is 72.5 Å². The number of carbonyl (C=O) groups excluding carboxylic acids is 2. The van der Waals surface area contributed by atoms with Gasteiger partial charge < -0.3 is 35.3 Å².